The van der Waals surface area contributed by atoms with Crippen LogP contribution >= 0.6 is 0 Å². The topological polar surface area (TPSA) is 97.1 Å². The van der Waals surface area contributed by atoms with Crippen molar-refractivity contribution < 1.29 is 4.79 Å². The van der Waals surface area contributed by atoms with Crippen molar-refractivity contribution in [3.63, 3.8) is 0 Å². The van der Waals surface area contributed by atoms with Crippen molar-refractivity contribution in [1.29, 1.82) is 0 Å². The molecule has 0 bridgehead atoms. The van der Waals surface area contributed by atoms with Gasteiger partial charge >= 0.3 is 0 Å². The third-order valence-corrected chi connectivity index (χ3v) is 4.16. The highest BCUT2D eigenvalue weighted by Gasteiger charge is 2.10. The molecule has 0 saturated carbocycles. The number of nitrogens with one attached hydrogen (secondary N) is 2. The first kappa shape index (κ1) is 17.6. The molecule has 1 amide bonds. The van der Waals surface area contributed by atoms with Crippen molar-refractivity contribution in [3.8, 4) is 0 Å². The molecule has 2 N–H and O–H groups in total. The van der Waals surface area contributed by atoms with E-state index >= 15 is 0 Å². The predicted molar refractivity (Wildman–Crippen MR) is 106 cm³/mol. The first-order valence-corrected chi connectivity index (χ1v) is 8.97. The number of aryl methyl sites for hydroxylation is 1. The summed E-state index contributed by atoms with van der Waals surface area (Å²) < 4.78 is 1.67. The Balaban J connectivity index is 1.40. The van der Waals surface area contributed by atoms with Crippen LogP contribution in [0.2, 0.25) is 0 Å². The average molecular weight is 373 g/mol. The van der Waals surface area contributed by atoms with Crippen molar-refractivity contribution in [2.45, 2.75) is 19.4 Å². The minimum Gasteiger partial charge on any atom is -0.365 e. The number of amides is 1. The maximum atomic E-state index is 12.1. The Hall–Kier alpha value is -3.81. The molecular formula is C20H19N7O. The zero-order valence-corrected chi connectivity index (χ0v) is 15.1. The molecule has 0 aliphatic heterocycles. The molecular weight excluding hydrogens is 354 g/mol. The van der Waals surface area contributed by atoms with Gasteiger partial charge in [-0.25, -0.2) is 0 Å². The second kappa shape index (κ2) is 8.26. The van der Waals surface area contributed by atoms with Gasteiger partial charge in [-0.15, -0.1) is 15.3 Å². The molecule has 140 valence electrons. The van der Waals surface area contributed by atoms with E-state index in [2.05, 4.69) is 43.0 Å². The number of aromatic nitrogens is 5. The SMILES string of the molecule is O=C(CCc1nnc2ccc(NCc3ccccc3)nn12)Nc1cccnc1. The lowest BCUT2D eigenvalue weighted by molar-refractivity contribution is -0.116. The predicted octanol–water partition coefficient (Wildman–Crippen LogP) is 2.70. The van der Waals surface area contributed by atoms with Crippen LogP contribution in [0.3, 0.4) is 0 Å². The van der Waals surface area contributed by atoms with Crippen LogP contribution in [-0.4, -0.2) is 30.7 Å². The van der Waals surface area contributed by atoms with Gasteiger partial charge in [-0.3, -0.25) is 9.78 Å². The Kier molecular flexibility index (Phi) is 5.19. The minimum atomic E-state index is -0.108. The van der Waals surface area contributed by atoms with Gasteiger partial charge in [0.15, 0.2) is 11.5 Å². The molecule has 0 aliphatic rings. The van der Waals surface area contributed by atoms with Crippen molar-refractivity contribution >= 4 is 23.1 Å². The lowest BCUT2D eigenvalue weighted by atomic mass is 10.2. The fourth-order valence-electron chi connectivity index (χ4n) is 2.76. The summed E-state index contributed by atoms with van der Waals surface area (Å²) in [6.07, 6.45) is 3.98. The lowest BCUT2D eigenvalue weighted by Crippen LogP contribution is -2.13. The van der Waals surface area contributed by atoms with E-state index in [-0.39, 0.29) is 12.3 Å². The highest BCUT2D eigenvalue weighted by atomic mass is 16.1. The van der Waals surface area contributed by atoms with Crippen LogP contribution in [-0.2, 0) is 17.8 Å². The van der Waals surface area contributed by atoms with E-state index in [1.54, 1.807) is 29.0 Å². The van der Waals surface area contributed by atoms with E-state index in [1.165, 1.54) is 5.56 Å². The number of fused-ring (bicyclic) bond motifs is 1. The first-order chi connectivity index (χ1) is 13.8. The number of rotatable bonds is 7. The number of pyridine rings is 1. The Morgan fingerprint density at radius 3 is 2.71 bits per heavy atom. The van der Waals surface area contributed by atoms with Gasteiger partial charge in [-0.2, -0.15) is 4.52 Å². The summed E-state index contributed by atoms with van der Waals surface area (Å²) in [5.41, 5.74) is 2.48. The van der Waals surface area contributed by atoms with Crippen LogP contribution in [0.25, 0.3) is 5.65 Å². The molecule has 4 aromatic rings. The molecule has 4 rings (SSSR count). The van der Waals surface area contributed by atoms with Crippen LogP contribution in [0, 0.1) is 0 Å². The molecule has 3 aromatic heterocycles. The second-order valence-electron chi connectivity index (χ2n) is 6.23. The van der Waals surface area contributed by atoms with Gasteiger partial charge in [0.25, 0.3) is 0 Å². The maximum Gasteiger partial charge on any atom is 0.224 e. The van der Waals surface area contributed by atoms with Crippen molar-refractivity contribution in [3.05, 3.63) is 78.4 Å². The maximum absolute atomic E-state index is 12.1. The van der Waals surface area contributed by atoms with Crippen LogP contribution in [0.1, 0.15) is 17.8 Å². The van der Waals surface area contributed by atoms with Crippen LogP contribution in [0.15, 0.2) is 67.0 Å². The summed E-state index contributed by atoms with van der Waals surface area (Å²) >= 11 is 0. The quantitative estimate of drug-likeness (QED) is 0.517. The van der Waals surface area contributed by atoms with Crippen LogP contribution in [0.5, 0.6) is 0 Å². The number of hydrogen-bond acceptors (Lipinski definition) is 6. The highest BCUT2D eigenvalue weighted by Crippen LogP contribution is 2.11. The third-order valence-electron chi connectivity index (χ3n) is 4.16. The monoisotopic (exact) mass is 373 g/mol. The average Bonchev–Trinajstić information content (AvgIpc) is 3.14. The van der Waals surface area contributed by atoms with E-state index in [9.17, 15) is 4.79 Å². The van der Waals surface area contributed by atoms with Gasteiger partial charge in [0, 0.05) is 25.6 Å². The molecule has 8 heteroatoms. The molecule has 0 atom stereocenters. The molecule has 0 saturated heterocycles. The Bertz CT molecular complexity index is 1060. The van der Waals surface area contributed by atoms with Gasteiger partial charge in [0.1, 0.15) is 5.82 Å². The van der Waals surface area contributed by atoms with Crippen molar-refractivity contribution in [2.24, 2.45) is 0 Å². The van der Waals surface area contributed by atoms with E-state index in [4.69, 9.17) is 0 Å². The molecule has 0 unspecified atom stereocenters. The summed E-state index contributed by atoms with van der Waals surface area (Å²) in [5.74, 6) is 1.25. The molecule has 28 heavy (non-hydrogen) atoms. The van der Waals surface area contributed by atoms with E-state index < -0.39 is 0 Å². The van der Waals surface area contributed by atoms with E-state index in [0.29, 0.717) is 30.1 Å². The Labute approximate surface area is 161 Å². The summed E-state index contributed by atoms with van der Waals surface area (Å²) in [7, 11) is 0. The number of benzene rings is 1. The zero-order valence-electron chi connectivity index (χ0n) is 15.1. The highest BCUT2D eigenvalue weighted by molar-refractivity contribution is 5.90. The molecule has 0 radical (unpaired) electrons. The number of anilines is 2. The zero-order chi connectivity index (χ0) is 19.2. The Morgan fingerprint density at radius 1 is 1.00 bits per heavy atom. The van der Waals surface area contributed by atoms with E-state index in [0.717, 1.165) is 5.82 Å². The standard InChI is InChI=1S/C20H19N7O/c28-20(23-16-7-4-12-21-14-16)11-10-19-25-24-18-9-8-17(26-27(18)19)22-13-15-5-2-1-3-6-15/h1-9,12,14H,10-11,13H2,(H,22,26)(H,23,28). The number of carbonyl (C=O) groups is 1. The van der Waals surface area contributed by atoms with Crippen molar-refractivity contribution in [1.82, 2.24) is 24.8 Å². The third kappa shape index (κ3) is 4.29. The fourth-order valence-corrected chi connectivity index (χ4v) is 2.76. The van der Waals surface area contributed by atoms with Gasteiger partial charge in [-0.05, 0) is 29.8 Å². The largest absolute Gasteiger partial charge is 0.365 e. The minimum absolute atomic E-state index is 0.108. The molecule has 0 spiro atoms. The molecule has 3 heterocycles. The van der Waals surface area contributed by atoms with Gasteiger partial charge < -0.3 is 10.6 Å². The molecule has 1 aromatic carbocycles. The summed E-state index contributed by atoms with van der Waals surface area (Å²) in [5, 5.41) is 18.9. The van der Waals surface area contributed by atoms with Crippen LogP contribution < -0.4 is 10.6 Å². The first-order valence-electron chi connectivity index (χ1n) is 8.97. The molecule has 0 fully saturated rings. The fraction of sp³-hybridized carbons (Fsp3) is 0.150. The van der Waals surface area contributed by atoms with Crippen LogP contribution in [0.4, 0.5) is 11.5 Å². The molecule has 8 nitrogen and oxygen atoms in total. The smallest absolute Gasteiger partial charge is 0.224 e. The normalized spacial score (nSPS) is 10.7. The molecule has 0 aliphatic carbocycles. The number of carbonyl (C=O) groups excluding carboxylic acids is 1. The Morgan fingerprint density at radius 2 is 1.89 bits per heavy atom. The van der Waals surface area contributed by atoms with Gasteiger partial charge in [-0.1, -0.05) is 30.3 Å². The summed E-state index contributed by atoms with van der Waals surface area (Å²) in [6, 6.07) is 17.4. The van der Waals surface area contributed by atoms with Gasteiger partial charge in [0.05, 0.1) is 11.9 Å². The van der Waals surface area contributed by atoms with Gasteiger partial charge in [0.2, 0.25) is 5.91 Å². The number of hydrogen-bond donors (Lipinski definition) is 2. The van der Waals surface area contributed by atoms with Crippen molar-refractivity contribution in [2.75, 3.05) is 10.6 Å². The number of nitrogens with zero attached hydrogens (tertiary/aromatic N) is 5. The summed E-state index contributed by atoms with van der Waals surface area (Å²) in [4.78, 5) is 16.1. The lowest BCUT2D eigenvalue weighted by Gasteiger charge is -2.07. The summed E-state index contributed by atoms with van der Waals surface area (Å²) in [6.45, 7) is 0.671. The van der Waals surface area contributed by atoms with E-state index in [1.807, 2.05) is 30.3 Å². The second-order valence-corrected chi connectivity index (χ2v) is 6.23.